The Balaban J connectivity index is 1.67. The van der Waals surface area contributed by atoms with E-state index in [0.29, 0.717) is 30.1 Å². The first-order valence-electron chi connectivity index (χ1n) is 8.79. The van der Waals surface area contributed by atoms with Crippen molar-refractivity contribution in [3.63, 3.8) is 0 Å². The van der Waals surface area contributed by atoms with Crippen molar-refractivity contribution in [2.45, 2.75) is 18.9 Å². The van der Waals surface area contributed by atoms with Crippen LogP contribution in [0.15, 0.2) is 59.7 Å². The van der Waals surface area contributed by atoms with Crippen LogP contribution >= 0.6 is 23.0 Å². The molecular weight excluding hydrogens is 453 g/mol. The summed E-state index contributed by atoms with van der Waals surface area (Å²) in [5.41, 5.74) is 3.24. The van der Waals surface area contributed by atoms with Gasteiger partial charge in [0.2, 0.25) is 11.4 Å². The second-order valence-electron chi connectivity index (χ2n) is 6.97. The number of amidine groups is 1. The summed E-state index contributed by atoms with van der Waals surface area (Å²) in [6.45, 7) is 2.65. The maximum absolute atomic E-state index is 13.3. The van der Waals surface area contributed by atoms with Crippen molar-refractivity contribution in [1.82, 2.24) is 4.98 Å². The van der Waals surface area contributed by atoms with Crippen molar-refractivity contribution in [3.05, 3.63) is 65.9 Å². The van der Waals surface area contributed by atoms with Gasteiger partial charge in [-0.05, 0) is 37.3 Å². The lowest BCUT2D eigenvalue weighted by atomic mass is 9.87. The van der Waals surface area contributed by atoms with Gasteiger partial charge in [-0.3, -0.25) is 12.8 Å². The van der Waals surface area contributed by atoms with Crippen LogP contribution in [0.3, 0.4) is 0 Å². The fraction of sp³-hybridized carbons (Fsp3) is 0.190. The summed E-state index contributed by atoms with van der Waals surface area (Å²) in [4.78, 5) is 24.7. The number of nitrogens with zero attached hydrogens (tertiary/aromatic N) is 3. The smallest absolute Gasteiger partial charge is 0.205 e. The molecule has 27 heavy (non-hydrogen) atoms. The van der Waals surface area contributed by atoms with Gasteiger partial charge in [-0.15, -0.1) is 0 Å². The van der Waals surface area contributed by atoms with E-state index >= 15 is 0 Å². The Kier molecular flexibility index (Phi) is 3.80. The van der Waals surface area contributed by atoms with Gasteiger partial charge in [0.25, 0.3) is 0 Å². The highest BCUT2D eigenvalue weighted by atomic mass is 127. The maximum Gasteiger partial charge on any atom is 0.205 e. The van der Waals surface area contributed by atoms with Crippen molar-refractivity contribution in [1.29, 1.82) is 0 Å². The Morgan fingerprint density at radius 3 is 2.93 bits per heavy atom. The van der Waals surface area contributed by atoms with Gasteiger partial charge < -0.3 is 4.90 Å². The molecule has 1 atom stereocenters. The van der Waals surface area contributed by atoms with Gasteiger partial charge in [-0.25, -0.2) is 4.99 Å². The third-order valence-electron chi connectivity index (χ3n) is 5.33. The highest BCUT2D eigenvalue weighted by Gasteiger charge is 2.55. The number of hydrogen-bond donors (Lipinski definition) is 0. The summed E-state index contributed by atoms with van der Waals surface area (Å²) >= 11 is 1.84. The number of aliphatic imine (C=N–C) groups is 1. The Labute approximate surface area is 170 Å². The minimum atomic E-state index is -1.03. The fourth-order valence-corrected chi connectivity index (χ4v) is 4.53. The number of aromatic nitrogens is 1. The molecule has 0 bridgehead atoms. The molecule has 0 saturated carbocycles. The van der Waals surface area contributed by atoms with Crippen molar-refractivity contribution in [2.24, 2.45) is 4.99 Å². The van der Waals surface area contributed by atoms with E-state index in [0.717, 1.165) is 22.2 Å². The molecule has 0 aliphatic carbocycles. The highest BCUT2D eigenvalue weighted by Crippen LogP contribution is 2.43. The number of ketones is 1. The lowest BCUT2D eigenvalue weighted by molar-refractivity contribution is 0.0769. The predicted molar refractivity (Wildman–Crippen MR) is 114 cm³/mol. The number of benzene rings is 2. The van der Waals surface area contributed by atoms with E-state index in [1.54, 1.807) is 6.20 Å². The summed E-state index contributed by atoms with van der Waals surface area (Å²) in [5.74, 6) is 0.649. The van der Waals surface area contributed by atoms with E-state index in [1.165, 1.54) is 0 Å². The Morgan fingerprint density at radius 1 is 1.19 bits per heavy atom. The Bertz CT molecular complexity index is 1130. The minimum absolute atomic E-state index is 0.0120. The molecular formula is C21H16IN3O2. The largest absolute Gasteiger partial charge is 0.327 e. The minimum Gasteiger partial charge on any atom is -0.327 e. The van der Waals surface area contributed by atoms with E-state index in [1.807, 2.05) is 78.5 Å². The van der Waals surface area contributed by atoms with Crippen molar-refractivity contribution >= 4 is 56.9 Å². The van der Waals surface area contributed by atoms with Gasteiger partial charge in [0.15, 0.2) is 5.84 Å². The standard InChI is InChI=1S/C21H16IN3O2/c1-13-4-7-17-16(11-13)19(26)21(27-22)8-10-25(20(21)24-17)15-6-5-14-3-2-9-23-18(14)12-15/h2-7,9,11-12H,8,10H2,1H3/t21-/m1/s1. The van der Waals surface area contributed by atoms with E-state index in [-0.39, 0.29) is 5.78 Å². The molecule has 5 nitrogen and oxygen atoms in total. The average Bonchev–Trinajstić information content (AvgIpc) is 3.08. The number of hydrogen-bond acceptors (Lipinski definition) is 5. The first kappa shape index (κ1) is 16.8. The molecule has 1 aromatic heterocycles. The number of halogens is 1. The molecule has 1 fully saturated rings. The van der Waals surface area contributed by atoms with E-state index in [4.69, 9.17) is 8.06 Å². The topological polar surface area (TPSA) is 54.8 Å². The highest BCUT2D eigenvalue weighted by molar-refractivity contribution is 14.1. The number of anilines is 1. The summed E-state index contributed by atoms with van der Waals surface area (Å²) in [6, 6.07) is 15.9. The van der Waals surface area contributed by atoms with Crippen LogP contribution in [-0.2, 0) is 3.07 Å². The normalized spacial score (nSPS) is 21.2. The quantitative estimate of drug-likeness (QED) is 0.507. The van der Waals surface area contributed by atoms with Gasteiger partial charge in [0, 0.05) is 35.8 Å². The monoisotopic (exact) mass is 469 g/mol. The Hall–Kier alpha value is -2.32. The number of aryl methyl sites for hydroxylation is 1. The second kappa shape index (κ2) is 6.10. The number of Topliss-reactive ketones (excluding diaryl/α,β-unsaturated/α-hetero) is 1. The molecule has 0 radical (unpaired) electrons. The van der Waals surface area contributed by atoms with Crippen LogP contribution in [0.4, 0.5) is 11.4 Å². The zero-order chi connectivity index (χ0) is 18.6. The molecule has 134 valence electrons. The van der Waals surface area contributed by atoms with Crippen LogP contribution in [0.1, 0.15) is 22.3 Å². The molecule has 3 aromatic rings. The lowest BCUT2D eigenvalue weighted by Crippen LogP contribution is -2.49. The maximum atomic E-state index is 13.3. The second-order valence-corrected chi connectivity index (χ2v) is 7.41. The van der Waals surface area contributed by atoms with Crippen LogP contribution in [0, 0.1) is 6.92 Å². The third kappa shape index (κ3) is 2.43. The summed E-state index contributed by atoms with van der Waals surface area (Å²) in [6.07, 6.45) is 2.36. The van der Waals surface area contributed by atoms with Gasteiger partial charge in [-0.1, -0.05) is 23.8 Å². The molecule has 0 N–H and O–H groups in total. The van der Waals surface area contributed by atoms with Crippen LogP contribution in [0.25, 0.3) is 10.9 Å². The zero-order valence-corrected chi connectivity index (χ0v) is 16.8. The van der Waals surface area contributed by atoms with Crippen LogP contribution < -0.4 is 4.90 Å². The van der Waals surface area contributed by atoms with Gasteiger partial charge >= 0.3 is 0 Å². The molecule has 0 unspecified atom stereocenters. The first-order valence-corrected chi connectivity index (χ1v) is 9.67. The number of rotatable bonds is 2. The molecule has 2 aliphatic heterocycles. The number of carbonyl (C=O) groups excluding carboxylic acids is 1. The lowest BCUT2D eigenvalue weighted by Gasteiger charge is -2.31. The van der Waals surface area contributed by atoms with Crippen LogP contribution in [0.5, 0.6) is 0 Å². The summed E-state index contributed by atoms with van der Waals surface area (Å²) in [5, 5.41) is 1.08. The van der Waals surface area contributed by atoms with Crippen LogP contribution in [0.2, 0.25) is 0 Å². The molecule has 1 saturated heterocycles. The van der Waals surface area contributed by atoms with Crippen molar-refractivity contribution < 1.29 is 7.86 Å². The fourth-order valence-electron chi connectivity index (χ4n) is 3.91. The Morgan fingerprint density at radius 2 is 2.07 bits per heavy atom. The summed E-state index contributed by atoms with van der Waals surface area (Å²) < 4.78 is 5.78. The van der Waals surface area contributed by atoms with Crippen LogP contribution in [-0.4, -0.2) is 28.7 Å². The summed E-state index contributed by atoms with van der Waals surface area (Å²) in [7, 11) is 0. The van der Waals surface area contributed by atoms with E-state index < -0.39 is 5.60 Å². The van der Waals surface area contributed by atoms with E-state index in [2.05, 4.69) is 9.88 Å². The molecule has 5 rings (SSSR count). The number of fused-ring (bicyclic) bond motifs is 3. The number of pyridine rings is 1. The zero-order valence-electron chi connectivity index (χ0n) is 14.6. The third-order valence-corrected chi connectivity index (χ3v) is 6.08. The molecule has 2 aliphatic rings. The molecule has 0 spiro atoms. The average molecular weight is 469 g/mol. The number of carbonyl (C=O) groups is 1. The molecule has 6 heteroatoms. The van der Waals surface area contributed by atoms with Crippen molar-refractivity contribution in [3.8, 4) is 0 Å². The van der Waals surface area contributed by atoms with Gasteiger partial charge in [0.1, 0.15) is 23.0 Å². The van der Waals surface area contributed by atoms with Gasteiger partial charge in [-0.2, -0.15) is 0 Å². The first-order chi connectivity index (χ1) is 13.1. The SMILES string of the molecule is Cc1ccc2c(c1)C(=O)[C@]1(OI)CCN(c3ccc4cccnc4c3)C1=N2. The van der Waals surface area contributed by atoms with Crippen molar-refractivity contribution in [2.75, 3.05) is 11.4 Å². The molecule has 0 amide bonds. The molecule has 3 heterocycles. The molecule has 2 aromatic carbocycles. The van der Waals surface area contributed by atoms with Gasteiger partial charge in [0.05, 0.1) is 11.2 Å². The predicted octanol–water partition coefficient (Wildman–Crippen LogP) is 4.79. The van der Waals surface area contributed by atoms with E-state index in [9.17, 15) is 4.79 Å².